The van der Waals surface area contributed by atoms with Crippen LogP contribution in [-0.4, -0.2) is 46.9 Å². The number of furan rings is 1. The van der Waals surface area contributed by atoms with Crippen LogP contribution in [0.15, 0.2) is 33.7 Å². The van der Waals surface area contributed by atoms with Crippen LogP contribution in [0.3, 0.4) is 0 Å². The topological polar surface area (TPSA) is 49.6 Å². The van der Waals surface area contributed by atoms with Crippen molar-refractivity contribution in [2.45, 2.75) is 18.9 Å². The van der Waals surface area contributed by atoms with Crippen LogP contribution in [-0.2, 0) is 11.3 Å². The molecule has 5 nitrogen and oxygen atoms in total. The van der Waals surface area contributed by atoms with Crippen LogP contribution < -0.4 is 0 Å². The Kier molecular flexibility index (Phi) is 3.72. The van der Waals surface area contributed by atoms with Gasteiger partial charge >= 0.3 is 0 Å². The average molecular weight is 317 g/mol. The summed E-state index contributed by atoms with van der Waals surface area (Å²) in [6, 6.07) is 3.87. The summed E-state index contributed by atoms with van der Waals surface area (Å²) in [7, 11) is 0. The number of amides is 1. The Hall–Kier alpha value is -1.66. The van der Waals surface area contributed by atoms with Crippen LogP contribution in [0.5, 0.6) is 0 Å². The molecule has 0 radical (unpaired) electrons. The average Bonchev–Trinajstić information content (AvgIpc) is 2.94. The van der Waals surface area contributed by atoms with E-state index in [1.54, 1.807) is 17.6 Å². The van der Waals surface area contributed by atoms with E-state index in [4.69, 9.17) is 4.42 Å². The summed E-state index contributed by atoms with van der Waals surface area (Å²) in [5.41, 5.74) is 3.00. The van der Waals surface area contributed by atoms with E-state index in [9.17, 15) is 4.79 Å². The summed E-state index contributed by atoms with van der Waals surface area (Å²) in [6.07, 6.45) is 2.62. The lowest BCUT2D eigenvalue weighted by molar-refractivity contribution is -0.134. The molecule has 3 heterocycles. The molecule has 2 atom stereocenters. The maximum atomic E-state index is 12.5. The molecule has 4 rings (SSSR count). The number of aromatic nitrogens is 1. The van der Waals surface area contributed by atoms with Gasteiger partial charge in [0.25, 0.3) is 0 Å². The number of rotatable bonds is 4. The Morgan fingerprint density at radius 2 is 2.23 bits per heavy atom. The molecule has 2 aromatic rings. The van der Waals surface area contributed by atoms with Crippen LogP contribution in [0.1, 0.15) is 23.8 Å². The molecule has 6 heteroatoms. The second-order valence-corrected chi connectivity index (χ2v) is 6.76. The highest BCUT2D eigenvalue weighted by atomic mass is 32.1. The third kappa shape index (κ3) is 2.80. The van der Waals surface area contributed by atoms with Gasteiger partial charge < -0.3 is 9.32 Å². The first kappa shape index (κ1) is 14.0. The molecular weight excluding hydrogens is 298 g/mol. The monoisotopic (exact) mass is 317 g/mol. The summed E-state index contributed by atoms with van der Waals surface area (Å²) in [5.74, 6) is 1.70. The van der Waals surface area contributed by atoms with Crippen molar-refractivity contribution >= 4 is 17.2 Å². The van der Waals surface area contributed by atoms with Crippen LogP contribution in [0, 0.1) is 5.92 Å². The third-order valence-corrected chi connectivity index (χ3v) is 5.20. The number of hydrogen-bond acceptors (Lipinski definition) is 5. The minimum Gasteiger partial charge on any atom is -0.469 e. The Morgan fingerprint density at radius 3 is 2.91 bits per heavy atom. The summed E-state index contributed by atoms with van der Waals surface area (Å²) in [4.78, 5) is 21.3. The lowest BCUT2D eigenvalue weighted by atomic mass is 10.2. The molecule has 2 unspecified atom stereocenters. The summed E-state index contributed by atoms with van der Waals surface area (Å²) >= 11 is 1.63. The number of nitrogens with zero attached hydrogens (tertiary/aromatic N) is 3. The number of carbonyl (C=O) groups is 1. The SMILES string of the molecule is O=C(C1CC1c1ccco1)N1CCN(Cc2cscn2)CC1. The molecule has 116 valence electrons. The van der Waals surface area contributed by atoms with E-state index >= 15 is 0 Å². The van der Waals surface area contributed by atoms with Crippen LogP contribution in [0.2, 0.25) is 0 Å². The molecule has 0 N–H and O–H groups in total. The lowest BCUT2D eigenvalue weighted by Gasteiger charge is -2.34. The van der Waals surface area contributed by atoms with Gasteiger partial charge in [-0.05, 0) is 18.6 Å². The molecule has 1 aliphatic carbocycles. The van der Waals surface area contributed by atoms with Gasteiger partial charge in [0, 0.05) is 49.9 Å². The minimum absolute atomic E-state index is 0.135. The summed E-state index contributed by atoms with van der Waals surface area (Å²) < 4.78 is 5.42. The van der Waals surface area contributed by atoms with Crippen molar-refractivity contribution < 1.29 is 9.21 Å². The second-order valence-electron chi connectivity index (χ2n) is 6.05. The third-order valence-electron chi connectivity index (χ3n) is 4.57. The highest BCUT2D eigenvalue weighted by Crippen LogP contribution is 2.48. The van der Waals surface area contributed by atoms with Crippen molar-refractivity contribution in [1.82, 2.24) is 14.8 Å². The minimum atomic E-state index is 0.135. The molecule has 2 aromatic heterocycles. The molecule has 0 bridgehead atoms. The van der Waals surface area contributed by atoms with E-state index in [2.05, 4.69) is 15.3 Å². The zero-order chi connectivity index (χ0) is 14.9. The van der Waals surface area contributed by atoms with Gasteiger partial charge in [0.15, 0.2) is 0 Å². The molecule has 2 fully saturated rings. The Morgan fingerprint density at radius 1 is 1.36 bits per heavy atom. The van der Waals surface area contributed by atoms with Crippen molar-refractivity contribution in [2.24, 2.45) is 5.92 Å². The van der Waals surface area contributed by atoms with Crippen LogP contribution in [0.25, 0.3) is 0 Å². The molecule has 2 aliphatic rings. The molecule has 0 spiro atoms. The maximum Gasteiger partial charge on any atom is 0.226 e. The quantitative estimate of drug-likeness (QED) is 0.867. The van der Waals surface area contributed by atoms with Gasteiger partial charge in [-0.1, -0.05) is 0 Å². The predicted molar refractivity (Wildman–Crippen MR) is 83.5 cm³/mol. The van der Waals surface area contributed by atoms with Crippen molar-refractivity contribution in [2.75, 3.05) is 26.2 Å². The summed E-state index contributed by atoms with van der Waals surface area (Å²) in [5, 5.41) is 2.09. The number of carbonyl (C=O) groups excluding carboxylic acids is 1. The molecule has 22 heavy (non-hydrogen) atoms. The Bertz CT molecular complexity index is 618. The van der Waals surface area contributed by atoms with Crippen molar-refractivity contribution in [3.05, 3.63) is 40.7 Å². The zero-order valence-corrected chi connectivity index (χ0v) is 13.2. The zero-order valence-electron chi connectivity index (χ0n) is 12.4. The van der Waals surface area contributed by atoms with E-state index in [1.807, 2.05) is 22.5 Å². The van der Waals surface area contributed by atoms with Gasteiger partial charge in [0.05, 0.1) is 17.5 Å². The van der Waals surface area contributed by atoms with Gasteiger partial charge in [-0.2, -0.15) is 0 Å². The lowest BCUT2D eigenvalue weighted by Crippen LogP contribution is -2.48. The predicted octanol–water partition coefficient (Wildman–Crippen LogP) is 2.18. The highest BCUT2D eigenvalue weighted by Gasteiger charge is 2.47. The smallest absolute Gasteiger partial charge is 0.226 e. The fraction of sp³-hybridized carbons (Fsp3) is 0.500. The first-order valence-electron chi connectivity index (χ1n) is 7.73. The van der Waals surface area contributed by atoms with Crippen LogP contribution >= 0.6 is 11.3 Å². The molecule has 1 aliphatic heterocycles. The normalized spacial score (nSPS) is 25.4. The Balaban J connectivity index is 1.28. The molecule has 1 amide bonds. The fourth-order valence-electron chi connectivity index (χ4n) is 3.19. The number of piperazine rings is 1. The van der Waals surface area contributed by atoms with E-state index in [0.717, 1.165) is 50.6 Å². The standard InChI is InChI=1S/C16H19N3O2S/c20-16(14-8-13(14)15-2-1-7-21-15)19-5-3-18(4-6-19)9-12-10-22-11-17-12/h1-2,7,10-11,13-14H,3-6,8-9H2. The second kappa shape index (κ2) is 5.85. The maximum absolute atomic E-state index is 12.5. The number of thiazole rings is 1. The van der Waals surface area contributed by atoms with E-state index in [-0.39, 0.29) is 5.92 Å². The first-order chi connectivity index (χ1) is 10.8. The van der Waals surface area contributed by atoms with Gasteiger partial charge in [0.1, 0.15) is 5.76 Å². The van der Waals surface area contributed by atoms with E-state index < -0.39 is 0 Å². The largest absolute Gasteiger partial charge is 0.469 e. The molecule has 1 saturated carbocycles. The van der Waals surface area contributed by atoms with Crippen molar-refractivity contribution in [3.63, 3.8) is 0 Å². The first-order valence-corrected chi connectivity index (χ1v) is 8.67. The fourth-order valence-corrected chi connectivity index (χ4v) is 3.74. The van der Waals surface area contributed by atoms with Gasteiger partial charge in [-0.25, -0.2) is 4.98 Å². The summed E-state index contributed by atoms with van der Waals surface area (Å²) in [6.45, 7) is 4.40. The van der Waals surface area contributed by atoms with Crippen molar-refractivity contribution in [3.8, 4) is 0 Å². The van der Waals surface area contributed by atoms with Gasteiger partial charge in [-0.3, -0.25) is 9.69 Å². The van der Waals surface area contributed by atoms with E-state index in [1.165, 1.54) is 0 Å². The molecule has 0 aromatic carbocycles. The number of hydrogen-bond donors (Lipinski definition) is 0. The molecule has 1 saturated heterocycles. The molecular formula is C16H19N3O2S. The van der Waals surface area contributed by atoms with Gasteiger partial charge in [0.2, 0.25) is 5.91 Å². The highest BCUT2D eigenvalue weighted by molar-refractivity contribution is 7.07. The Labute approximate surface area is 133 Å². The van der Waals surface area contributed by atoms with Crippen molar-refractivity contribution in [1.29, 1.82) is 0 Å². The van der Waals surface area contributed by atoms with E-state index in [0.29, 0.717) is 11.8 Å². The van der Waals surface area contributed by atoms with Crippen LogP contribution in [0.4, 0.5) is 0 Å². The van der Waals surface area contributed by atoms with Gasteiger partial charge in [-0.15, -0.1) is 11.3 Å².